The van der Waals surface area contributed by atoms with Gasteiger partial charge in [-0.2, -0.15) is 0 Å². The zero-order valence-electron chi connectivity index (χ0n) is 6.35. The van der Waals surface area contributed by atoms with Gasteiger partial charge in [-0.3, -0.25) is 0 Å². The molecule has 2 aromatic rings. The van der Waals surface area contributed by atoms with Crippen LogP contribution in [0.2, 0.25) is 0 Å². The molecule has 0 N–H and O–H groups in total. The number of methoxy groups -OCH3 is 1. The zero-order valence-corrected chi connectivity index (χ0v) is 7.98. The molecule has 0 aromatic carbocycles. The lowest BCUT2D eigenvalue weighted by Crippen LogP contribution is -1.81. The van der Waals surface area contributed by atoms with Gasteiger partial charge >= 0.3 is 0 Å². The molecule has 0 saturated carbocycles. The summed E-state index contributed by atoms with van der Waals surface area (Å²) in [5.41, 5.74) is 0.845. The summed E-state index contributed by atoms with van der Waals surface area (Å²) in [4.78, 5) is 1.10. The Bertz CT molecular complexity index is 355. The minimum atomic E-state index is 0.775. The Kier molecular flexibility index (Phi) is 2.05. The lowest BCUT2D eigenvalue weighted by Gasteiger charge is -1.94. The fraction of sp³-hybridized carbons (Fsp3) is 0.143. The highest BCUT2D eigenvalue weighted by Crippen LogP contribution is 2.33. The molecule has 62 valence electrons. The molecule has 2 heterocycles. The Morgan fingerprint density at radius 3 is 3.08 bits per heavy atom. The van der Waals surface area contributed by atoms with Crippen molar-refractivity contribution in [2.75, 3.05) is 7.11 Å². The molecule has 5 heteroatoms. The normalized spacial score (nSPS) is 10.1. The van der Waals surface area contributed by atoms with Gasteiger partial charge in [-0.1, -0.05) is 10.6 Å². The molecule has 0 unspecified atom stereocenters. The maximum atomic E-state index is 5.11. The molecule has 2 rings (SSSR count). The lowest BCUT2D eigenvalue weighted by atomic mass is 10.4. The topological polar surface area (TPSA) is 35.0 Å². The monoisotopic (exact) mass is 198 g/mol. The molecule has 0 spiro atoms. The van der Waals surface area contributed by atoms with Gasteiger partial charge in [0.15, 0.2) is 5.69 Å². The van der Waals surface area contributed by atoms with E-state index in [-0.39, 0.29) is 0 Å². The van der Waals surface area contributed by atoms with E-state index in [4.69, 9.17) is 4.74 Å². The highest BCUT2D eigenvalue weighted by molar-refractivity contribution is 7.14. The third-order valence-corrected chi connectivity index (χ3v) is 2.96. The summed E-state index contributed by atoms with van der Waals surface area (Å²) in [6.07, 6.45) is 0. The van der Waals surface area contributed by atoms with Crippen LogP contribution in [0.1, 0.15) is 0 Å². The van der Waals surface area contributed by atoms with Crippen molar-refractivity contribution in [2.24, 2.45) is 0 Å². The molecular weight excluding hydrogens is 192 g/mol. The molecule has 0 bridgehead atoms. The second kappa shape index (κ2) is 3.20. The van der Waals surface area contributed by atoms with Gasteiger partial charge in [0.2, 0.25) is 5.06 Å². The van der Waals surface area contributed by atoms with Gasteiger partial charge < -0.3 is 4.74 Å². The summed E-state index contributed by atoms with van der Waals surface area (Å²) >= 11 is 2.91. The minimum absolute atomic E-state index is 0.775. The van der Waals surface area contributed by atoms with Crippen molar-refractivity contribution in [2.45, 2.75) is 0 Å². The molecule has 0 aliphatic carbocycles. The largest absolute Gasteiger partial charge is 0.485 e. The smallest absolute Gasteiger partial charge is 0.222 e. The maximum absolute atomic E-state index is 5.11. The highest BCUT2D eigenvalue weighted by atomic mass is 32.1. The molecular formula is C7H6N2OS2. The SMILES string of the molecule is COc1snnc1-c1cccs1. The molecule has 3 nitrogen and oxygen atoms in total. The predicted molar refractivity (Wildman–Crippen MR) is 49.8 cm³/mol. The first kappa shape index (κ1) is 7.70. The van der Waals surface area contributed by atoms with Crippen molar-refractivity contribution in [3.63, 3.8) is 0 Å². The van der Waals surface area contributed by atoms with E-state index in [0.717, 1.165) is 15.6 Å². The zero-order chi connectivity index (χ0) is 8.39. The first-order valence-electron chi connectivity index (χ1n) is 3.32. The van der Waals surface area contributed by atoms with Crippen LogP contribution in [0.25, 0.3) is 10.6 Å². The first-order valence-corrected chi connectivity index (χ1v) is 4.97. The molecule has 0 fully saturated rings. The highest BCUT2D eigenvalue weighted by Gasteiger charge is 2.10. The Labute approximate surface area is 77.8 Å². The summed E-state index contributed by atoms with van der Waals surface area (Å²) in [7, 11) is 1.63. The predicted octanol–water partition coefficient (Wildman–Crippen LogP) is 2.28. The average Bonchev–Trinajstić information content (AvgIpc) is 2.74. The van der Waals surface area contributed by atoms with Crippen molar-refractivity contribution < 1.29 is 4.74 Å². The van der Waals surface area contributed by atoms with Crippen LogP contribution in [0.3, 0.4) is 0 Å². The van der Waals surface area contributed by atoms with Gasteiger partial charge in [0, 0.05) is 11.5 Å². The lowest BCUT2D eigenvalue weighted by molar-refractivity contribution is 0.428. The van der Waals surface area contributed by atoms with E-state index >= 15 is 0 Å². The molecule has 0 atom stereocenters. The van der Waals surface area contributed by atoms with Crippen molar-refractivity contribution in [3.05, 3.63) is 17.5 Å². The van der Waals surface area contributed by atoms with E-state index in [1.165, 1.54) is 11.5 Å². The van der Waals surface area contributed by atoms with E-state index in [2.05, 4.69) is 9.59 Å². The molecule has 0 aliphatic rings. The van der Waals surface area contributed by atoms with E-state index in [1.807, 2.05) is 17.5 Å². The van der Waals surface area contributed by atoms with Crippen LogP contribution in [-0.4, -0.2) is 16.7 Å². The van der Waals surface area contributed by atoms with Gasteiger partial charge in [-0.05, 0) is 11.4 Å². The Balaban J connectivity index is 2.46. The third-order valence-electron chi connectivity index (χ3n) is 1.40. The van der Waals surface area contributed by atoms with Crippen molar-refractivity contribution in [1.29, 1.82) is 0 Å². The van der Waals surface area contributed by atoms with Crippen molar-refractivity contribution in [3.8, 4) is 15.6 Å². The number of aromatic nitrogens is 2. The number of hydrogen-bond donors (Lipinski definition) is 0. The second-order valence-electron chi connectivity index (χ2n) is 2.09. The van der Waals surface area contributed by atoms with Gasteiger partial charge in [-0.15, -0.1) is 16.4 Å². The van der Waals surface area contributed by atoms with E-state index in [9.17, 15) is 0 Å². The van der Waals surface area contributed by atoms with E-state index in [0.29, 0.717) is 0 Å². The fourth-order valence-corrected chi connectivity index (χ4v) is 2.16. The van der Waals surface area contributed by atoms with Crippen molar-refractivity contribution in [1.82, 2.24) is 9.59 Å². The molecule has 0 amide bonds. The molecule has 12 heavy (non-hydrogen) atoms. The van der Waals surface area contributed by atoms with Gasteiger partial charge in [0.05, 0.1) is 12.0 Å². The van der Waals surface area contributed by atoms with Crippen LogP contribution in [0.15, 0.2) is 17.5 Å². The third kappa shape index (κ3) is 1.21. The summed E-state index contributed by atoms with van der Waals surface area (Å²) in [6, 6.07) is 3.99. The molecule has 0 saturated heterocycles. The van der Waals surface area contributed by atoms with Crippen LogP contribution in [0, 0.1) is 0 Å². The van der Waals surface area contributed by atoms with Crippen LogP contribution in [0.4, 0.5) is 0 Å². The Morgan fingerprint density at radius 1 is 1.50 bits per heavy atom. The quantitative estimate of drug-likeness (QED) is 0.742. The van der Waals surface area contributed by atoms with E-state index < -0.39 is 0 Å². The van der Waals surface area contributed by atoms with Gasteiger partial charge in [0.25, 0.3) is 0 Å². The second-order valence-corrected chi connectivity index (χ2v) is 3.75. The molecule has 0 aliphatic heterocycles. The van der Waals surface area contributed by atoms with Crippen LogP contribution in [0.5, 0.6) is 5.06 Å². The van der Waals surface area contributed by atoms with Crippen LogP contribution < -0.4 is 4.74 Å². The summed E-state index contributed by atoms with van der Waals surface area (Å²) in [6.45, 7) is 0. The van der Waals surface area contributed by atoms with Gasteiger partial charge in [0.1, 0.15) is 0 Å². The number of rotatable bonds is 2. The van der Waals surface area contributed by atoms with Crippen molar-refractivity contribution >= 4 is 22.9 Å². The number of hydrogen-bond acceptors (Lipinski definition) is 5. The number of nitrogens with zero attached hydrogens (tertiary/aromatic N) is 2. The van der Waals surface area contributed by atoms with E-state index in [1.54, 1.807) is 18.4 Å². The molecule has 2 aromatic heterocycles. The maximum Gasteiger partial charge on any atom is 0.222 e. The number of ether oxygens (including phenoxy) is 1. The Hall–Kier alpha value is -0.940. The first-order chi connectivity index (χ1) is 5.92. The fourth-order valence-electron chi connectivity index (χ4n) is 0.879. The molecule has 0 radical (unpaired) electrons. The standard InChI is InChI=1S/C7H6N2OS2/c1-10-7-6(8-9-12-7)5-3-2-4-11-5/h2-4H,1H3. The average molecular weight is 198 g/mol. The Morgan fingerprint density at radius 2 is 2.42 bits per heavy atom. The summed E-state index contributed by atoms with van der Waals surface area (Å²) < 4.78 is 8.93. The number of thiophene rings is 1. The van der Waals surface area contributed by atoms with Crippen LogP contribution in [-0.2, 0) is 0 Å². The van der Waals surface area contributed by atoms with Crippen LogP contribution >= 0.6 is 22.9 Å². The summed E-state index contributed by atoms with van der Waals surface area (Å²) in [5, 5.41) is 6.77. The minimum Gasteiger partial charge on any atom is -0.485 e. The van der Waals surface area contributed by atoms with Gasteiger partial charge in [-0.25, -0.2) is 0 Å². The summed E-state index contributed by atoms with van der Waals surface area (Å²) in [5.74, 6) is 0.